The van der Waals surface area contributed by atoms with Gasteiger partial charge >= 0.3 is 0 Å². The lowest BCUT2D eigenvalue weighted by Crippen LogP contribution is -2.67. The summed E-state index contributed by atoms with van der Waals surface area (Å²) in [5.41, 5.74) is 1.42. The maximum Gasteiger partial charge on any atom is 0.226 e. The monoisotopic (exact) mass is 529 g/mol. The highest BCUT2D eigenvalue weighted by Gasteiger charge is 2.71. The molecule has 5 heteroatoms. The molecular formula is C33H55NO4. The van der Waals surface area contributed by atoms with E-state index in [4.69, 9.17) is 0 Å². The maximum absolute atomic E-state index is 13.9. The zero-order valence-electron chi connectivity index (χ0n) is 25.0. The Morgan fingerprint density at radius 2 is 1.63 bits per heavy atom. The van der Waals surface area contributed by atoms with Crippen LogP contribution >= 0.6 is 0 Å². The fourth-order valence-corrected chi connectivity index (χ4v) is 12.0. The Balaban J connectivity index is 1.51. The van der Waals surface area contributed by atoms with Gasteiger partial charge in [0.15, 0.2) is 0 Å². The summed E-state index contributed by atoms with van der Waals surface area (Å²) in [6.07, 6.45) is 9.62. The number of aliphatic hydroxyl groups excluding tert-OH is 3. The lowest BCUT2D eigenvalue weighted by molar-refractivity contribution is -0.246. The predicted octanol–water partition coefficient (Wildman–Crippen LogP) is 5.47. The fraction of sp³-hybridized carbons (Fsp3) is 0.909. The van der Waals surface area contributed by atoms with Crippen LogP contribution in [0.3, 0.4) is 0 Å². The van der Waals surface area contributed by atoms with Gasteiger partial charge in [-0.2, -0.15) is 0 Å². The van der Waals surface area contributed by atoms with Crippen LogP contribution in [0.4, 0.5) is 0 Å². The Kier molecular flexibility index (Phi) is 7.01. The Labute approximate surface area is 231 Å². The van der Waals surface area contributed by atoms with Crippen LogP contribution in [-0.4, -0.2) is 46.6 Å². The summed E-state index contributed by atoms with van der Waals surface area (Å²) in [4.78, 5) is 13.9. The molecule has 0 aromatic carbocycles. The summed E-state index contributed by atoms with van der Waals surface area (Å²) >= 11 is 0. The number of fused-ring (bicyclic) bond motifs is 7. The van der Waals surface area contributed by atoms with Crippen LogP contribution in [0.25, 0.3) is 0 Å². The summed E-state index contributed by atoms with van der Waals surface area (Å²) in [5.74, 6) is 2.43. The first-order valence-electron chi connectivity index (χ1n) is 15.6. The quantitative estimate of drug-likeness (QED) is 0.355. The third kappa shape index (κ3) is 3.69. The molecule has 0 radical (unpaired) electrons. The number of aliphatic hydroxyl groups is 3. The molecule has 5 aliphatic carbocycles. The number of rotatable bonds is 5. The topological polar surface area (TPSA) is 89.8 Å². The first-order chi connectivity index (χ1) is 17.7. The summed E-state index contributed by atoms with van der Waals surface area (Å²) < 4.78 is 0. The molecule has 5 fully saturated rings. The largest absolute Gasteiger partial charge is 0.394 e. The lowest BCUT2D eigenvalue weighted by atomic mass is 9.32. The second-order valence-electron chi connectivity index (χ2n) is 15.8. The molecule has 11 atom stereocenters. The van der Waals surface area contributed by atoms with Gasteiger partial charge in [0.1, 0.15) is 0 Å². The highest BCUT2D eigenvalue weighted by atomic mass is 16.3. The van der Waals surface area contributed by atoms with Gasteiger partial charge in [-0.3, -0.25) is 4.79 Å². The molecule has 38 heavy (non-hydrogen) atoms. The van der Waals surface area contributed by atoms with E-state index in [-0.39, 0.29) is 52.7 Å². The van der Waals surface area contributed by atoms with E-state index >= 15 is 0 Å². The summed E-state index contributed by atoms with van der Waals surface area (Å²) in [5, 5.41) is 33.3. The SMILES string of the molecule is C=C(C)[C@@H]1CC[C@]2(C(=O)NCC(O)CO)CC[C@]3(C)[C@H](CC[C@@H]4[C@@]5(C)CC[C@H](O)C(C)(C)[C@@H]5CC[C@]43C)[C@@H]12. The van der Waals surface area contributed by atoms with Crippen molar-refractivity contribution < 1.29 is 20.1 Å². The number of carbonyl (C=O) groups excluding carboxylic acids is 1. The summed E-state index contributed by atoms with van der Waals surface area (Å²) in [6.45, 7) is 18.8. The Morgan fingerprint density at radius 1 is 0.921 bits per heavy atom. The Morgan fingerprint density at radius 3 is 2.29 bits per heavy atom. The number of hydrogen-bond acceptors (Lipinski definition) is 4. The molecule has 5 aliphatic rings. The van der Waals surface area contributed by atoms with E-state index in [0.717, 1.165) is 38.5 Å². The molecule has 216 valence electrons. The normalized spacial score (nSPS) is 50.1. The van der Waals surface area contributed by atoms with Gasteiger partial charge in [-0.25, -0.2) is 0 Å². The van der Waals surface area contributed by atoms with E-state index in [1.807, 2.05) is 0 Å². The van der Waals surface area contributed by atoms with Gasteiger partial charge in [0.25, 0.3) is 0 Å². The van der Waals surface area contributed by atoms with E-state index in [2.05, 4.69) is 53.4 Å². The van der Waals surface area contributed by atoms with E-state index in [0.29, 0.717) is 23.7 Å². The minimum atomic E-state index is -0.912. The van der Waals surface area contributed by atoms with Crippen molar-refractivity contribution in [3.05, 3.63) is 12.2 Å². The molecule has 1 unspecified atom stereocenters. The lowest BCUT2D eigenvalue weighted by Gasteiger charge is -2.72. The van der Waals surface area contributed by atoms with Gasteiger partial charge in [-0.15, -0.1) is 0 Å². The predicted molar refractivity (Wildman–Crippen MR) is 151 cm³/mol. The van der Waals surface area contributed by atoms with Gasteiger partial charge in [0.05, 0.1) is 24.2 Å². The van der Waals surface area contributed by atoms with Crippen LogP contribution in [0.2, 0.25) is 0 Å². The molecule has 0 bridgehead atoms. The van der Waals surface area contributed by atoms with Crippen molar-refractivity contribution in [3.8, 4) is 0 Å². The van der Waals surface area contributed by atoms with E-state index < -0.39 is 11.5 Å². The second-order valence-corrected chi connectivity index (χ2v) is 15.8. The number of amides is 1. The molecule has 0 saturated heterocycles. The van der Waals surface area contributed by atoms with Crippen molar-refractivity contribution in [2.24, 2.45) is 56.7 Å². The molecule has 4 N–H and O–H groups in total. The van der Waals surface area contributed by atoms with Gasteiger partial charge in [-0.05, 0) is 122 Å². The fourth-order valence-electron chi connectivity index (χ4n) is 12.0. The maximum atomic E-state index is 13.9. The van der Waals surface area contributed by atoms with Crippen molar-refractivity contribution >= 4 is 5.91 Å². The van der Waals surface area contributed by atoms with Crippen LogP contribution in [-0.2, 0) is 4.79 Å². The standard InChI is InChI=1S/C33H55NO4/c1-20(2)22-10-15-33(28(38)34-18-21(36)19-35)17-16-31(6)23(27(22)33)8-9-25-30(5)13-12-26(37)29(3,4)24(30)11-14-32(25,31)7/h21-27,35-37H,1,8-19H2,2-7H3,(H,34,38)/t21?,22-,23+,24-,25+,26-,27+,30-,31+,32+,33-/m0/s1. The van der Waals surface area contributed by atoms with Crippen LogP contribution < -0.4 is 5.32 Å². The first-order valence-corrected chi connectivity index (χ1v) is 15.6. The van der Waals surface area contributed by atoms with E-state index in [9.17, 15) is 20.1 Å². The van der Waals surface area contributed by atoms with Gasteiger partial charge in [-0.1, -0.05) is 46.8 Å². The molecule has 0 aromatic heterocycles. The number of hydrogen-bond donors (Lipinski definition) is 4. The van der Waals surface area contributed by atoms with Crippen LogP contribution in [0.5, 0.6) is 0 Å². The zero-order valence-corrected chi connectivity index (χ0v) is 25.0. The third-order valence-electron chi connectivity index (χ3n) is 14.2. The van der Waals surface area contributed by atoms with Crippen LogP contribution in [0, 0.1) is 56.7 Å². The third-order valence-corrected chi connectivity index (χ3v) is 14.2. The minimum absolute atomic E-state index is 0.0402. The summed E-state index contributed by atoms with van der Waals surface area (Å²) in [6, 6.07) is 0. The number of allylic oxidation sites excluding steroid dienone is 1. The van der Waals surface area contributed by atoms with Crippen molar-refractivity contribution in [2.45, 2.75) is 118 Å². The molecule has 5 rings (SSSR count). The van der Waals surface area contributed by atoms with Crippen molar-refractivity contribution in [1.82, 2.24) is 5.32 Å². The molecule has 0 aromatic rings. The van der Waals surface area contributed by atoms with Crippen molar-refractivity contribution in [2.75, 3.05) is 13.2 Å². The van der Waals surface area contributed by atoms with Crippen LogP contribution in [0.1, 0.15) is 106 Å². The Hall–Kier alpha value is -0.910. The molecule has 0 spiro atoms. The highest BCUT2D eigenvalue weighted by molar-refractivity contribution is 5.84. The van der Waals surface area contributed by atoms with Crippen molar-refractivity contribution in [3.63, 3.8) is 0 Å². The molecular weight excluding hydrogens is 474 g/mol. The Bertz CT molecular complexity index is 963. The average molecular weight is 530 g/mol. The van der Waals surface area contributed by atoms with Crippen LogP contribution in [0.15, 0.2) is 12.2 Å². The number of carbonyl (C=O) groups is 1. The van der Waals surface area contributed by atoms with E-state index in [1.54, 1.807) is 0 Å². The van der Waals surface area contributed by atoms with Gasteiger partial charge in [0, 0.05) is 6.54 Å². The zero-order chi connectivity index (χ0) is 27.9. The van der Waals surface area contributed by atoms with Gasteiger partial charge < -0.3 is 20.6 Å². The first kappa shape index (κ1) is 28.6. The summed E-state index contributed by atoms with van der Waals surface area (Å²) in [7, 11) is 0. The minimum Gasteiger partial charge on any atom is -0.394 e. The molecule has 5 nitrogen and oxygen atoms in total. The second kappa shape index (κ2) is 9.31. The number of nitrogens with one attached hydrogen (secondary N) is 1. The molecule has 0 aliphatic heterocycles. The van der Waals surface area contributed by atoms with E-state index in [1.165, 1.54) is 31.3 Å². The smallest absolute Gasteiger partial charge is 0.226 e. The highest BCUT2D eigenvalue weighted by Crippen LogP contribution is 2.77. The average Bonchev–Trinajstić information content (AvgIpc) is 3.26. The molecule has 0 heterocycles. The van der Waals surface area contributed by atoms with Crippen molar-refractivity contribution in [1.29, 1.82) is 0 Å². The molecule has 1 amide bonds. The van der Waals surface area contributed by atoms with Gasteiger partial charge in [0.2, 0.25) is 5.91 Å². The molecule has 5 saturated carbocycles.